The summed E-state index contributed by atoms with van der Waals surface area (Å²) in [5.41, 5.74) is 3.50. The van der Waals surface area contributed by atoms with Gasteiger partial charge in [-0.05, 0) is 54.5 Å². The number of benzene rings is 2. The normalized spacial score (nSPS) is 14.4. The Hall–Kier alpha value is -2.51. The molecule has 3 aromatic rings. The number of ether oxygens (including phenoxy) is 1. The second-order valence-corrected chi connectivity index (χ2v) is 9.50. The van der Waals surface area contributed by atoms with Crippen molar-refractivity contribution in [1.82, 2.24) is 4.98 Å². The summed E-state index contributed by atoms with van der Waals surface area (Å²) in [6.07, 6.45) is 8.52. The van der Waals surface area contributed by atoms with Gasteiger partial charge in [-0.1, -0.05) is 43.5 Å². The van der Waals surface area contributed by atoms with Crippen molar-refractivity contribution in [2.75, 3.05) is 11.8 Å². The number of anilines is 1. The van der Waals surface area contributed by atoms with Crippen molar-refractivity contribution < 1.29 is 14.6 Å². The van der Waals surface area contributed by atoms with E-state index in [-0.39, 0.29) is 5.56 Å². The van der Waals surface area contributed by atoms with E-state index in [0.29, 0.717) is 11.7 Å². The first-order valence-corrected chi connectivity index (χ1v) is 11.7. The first kappa shape index (κ1) is 20.8. The number of rotatable bonds is 7. The van der Waals surface area contributed by atoms with Gasteiger partial charge in [-0.25, -0.2) is 9.78 Å². The number of hydrogen-bond acceptors (Lipinski definition) is 6. The SMILES string of the molecule is COc1cc(C(=O)O)ccc1NSc1cnc(-c2ccc(C3CCCCC3)cc2)s1. The van der Waals surface area contributed by atoms with Gasteiger partial charge in [0, 0.05) is 5.56 Å². The van der Waals surface area contributed by atoms with Crippen LogP contribution in [0.4, 0.5) is 5.69 Å². The number of nitrogens with zero attached hydrogens (tertiary/aromatic N) is 1. The zero-order chi connectivity index (χ0) is 20.9. The molecule has 30 heavy (non-hydrogen) atoms. The molecule has 0 atom stereocenters. The summed E-state index contributed by atoms with van der Waals surface area (Å²) in [6, 6.07) is 13.6. The van der Waals surface area contributed by atoms with Crippen LogP contribution in [0.2, 0.25) is 0 Å². The van der Waals surface area contributed by atoms with Crippen molar-refractivity contribution >= 4 is 34.9 Å². The van der Waals surface area contributed by atoms with E-state index in [2.05, 4.69) is 34.0 Å². The van der Waals surface area contributed by atoms with Crippen LogP contribution in [0.5, 0.6) is 5.75 Å². The number of aromatic nitrogens is 1. The number of carboxylic acids is 1. The average Bonchev–Trinajstić information content (AvgIpc) is 3.27. The van der Waals surface area contributed by atoms with Crippen LogP contribution in [0.15, 0.2) is 52.9 Å². The Balaban J connectivity index is 1.41. The first-order chi connectivity index (χ1) is 14.6. The van der Waals surface area contributed by atoms with E-state index in [1.807, 2.05) is 6.20 Å². The minimum atomic E-state index is -0.978. The van der Waals surface area contributed by atoms with E-state index >= 15 is 0 Å². The summed E-state index contributed by atoms with van der Waals surface area (Å²) < 4.78 is 9.56. The lowest BCUT2D eigenvalue weighted by Gasteiger charge is -2.21. The van der Waals surface area contributed by atoms with Crippen LogP contribution in [-0.4, -0.2) is 23.2 Å². The maximum Gasteiger partial charge on any atom is 0.335 e. The summed E-state index contributed by atoms with van der Waals surface area (Å²) in [5.74, 6) is 0.224. The monoisotopic (exact) mass is 440 g/mol. The van der Waals surface area contributed by atoms with E-state index in [1.54, 1.807) is 23.5 Å². The molecule has 0 saturated heterocycles. The highest BCUT2D eigenvalue weighted by Gasteiger charge is 2.16. The van der Waals surface area contributed by atoms with Crippen LogP contribution in [0.1, 0.15) is 53.9 Å². The summed E-state index contributed by atoms with van der Waals surface area (Å²) in [7, 11) is 1.53. The Bertz CT molecular complexity index is 1010. The van der Waals surface area contributed by atoms with Crippen molar-refractivity contribution in [3.63, 3.8) is 0 Å². The van der Waals surface area contributed by atoms with E-state index in [1.165, 1.54) is 62.8 Å². The van der Waals surface area contributed by atoms with Gasteiger partial charge in [-0.2, -0.15) is 0 Å². The third-order valence-electron chi connectivity index (χ3n) is 5.43. The van der Waals surface area contributed by atoms with Crippen LogP contribution in [0.3, 0.4) is 0 Å². The molecule has 0 amide bonds. The molecule has 1 aliphatic rings. The minimum absolute atomic E-state index is 0.194. The first-order valence-electron chi connectivity index (χ1n) is 10.0. The summed E-state index contributed by atoms with van der Waals surface area (Å²) in [6.45, 7) is 0. The van der Waals surface area contributed by atoms with Gasteiger partial charge in [0.05, 0.1) is 24.6 Å². The predicted octanol–water partition coefficient (Wildman–Crippen LogP) is 6.68. The third-order valence-corrected chi connectivity index (χ3v) is 7.40. The number of methoxy groups -OCH3 is 1. The van der Waals surface area contributed by atoms with Crippen LogP contribution in [-0.2, 0) is 0 Å². The molecule has 0 spiro atoms. The highest BCUT2D eigenvalue weighted by atomic mass is 32.2. The van der Waals surface area contributed by atoms with E-state index < -0.39 is 5.97 Å². The van der Waals surface area contributed by atoms with Gasteiger partial charge >= 0.3 is 5.97 Å². The molecule has 1 fully saturated rings. The number of aromatic carboxylic acids is 1. The van der Waals surface area contributed by atoms with Gasteiger partial charge in [-0.15, -0.1) is 11.3 Å². The molecular formula is C23H24N2O3S2. The third kappa shape index (κ3) is 4.79. The van der Waals surface area contributed by atoms with Crippen LogP contribution >= 0.6 is 23.3 Å². The molecule has 4 rings (SSSR count). The molecule has 1 aromatic heterocycles. The smallest absolute Gasteiger partial charge is 0.335 e. The zero-order valence-electron chi connectivity index (χ0n) is 16.8. The fourth-order valence-corrected chi connectivity index (χ4v) is 5.46. The zero-order valence-corrected chi connectivity index (χ0v) is 18.4. The number of nitrogens with one attached hydrogen (secondary N) is 1. The summed E-state index contributed by atoms with van der Waals surface area (Å²) in [4.78, 5) is 15.7. The quantitative estimate of drug-likeness (QED) is 0.399. The number of thiazole rings is 1. The molecule has 1 aliphatic carbocycles. The second kappa shape index (κ2) is 9.53. The van der Waals surface area contributed by atoms with Gasteiger partial charge in [-0.3, -0.25) is 0 Å². The van der Waals surface area contributed by atoms with Gasteiger partial charge in [0.2, 0.25) is 0 Å². The second-order valence-electron chi connectivity index (χ2n) is 7.37. The standard InChI is InChI=1S/C23H24N2O3S2/c1-28-20-13-18(23(26)27)11-12-19(20)25-30-21-14-24-22(29-21)17-9-7-16(8-10-17)15-5-3-2-4-6-15/h7-15,25H,2-6H2,1H3,(H,26,27). The van der Waals surface area contributed by atoms with Gasteiger partial charge < -0.3 is 14.6 Å². The lowest BCUT2D eigenvalue weighted by atomic mass is 9.84. The summed E-state index contributed by atoms with van der Waals surface area (Å²) in [5, 5.41) is 10.1. The summed E-state index contributed by atoms with van der Waals surface area (Å²) >= 11 is 3.06. The molecule has 0 radical (unpaired) electrons. The van der Waals surface area contributed by atoms with Gasteiger partial charge in [0.1, 0.15) is 15.0 Å². The Morgan fingerprint density at radius 3 is 2.63 bits per heavy atom. The van der Waals surface area contributed by atoms with Crippen molar-refractivity contribution in [3.05, 3.63) is 59.8 Å². The lowest BCUT2D eigenvalue weighted by Crippen LogP contribution is -2.04. The minimum Gasteiger partial charge on any atom is -0.495 e. The molecule has 0 bridgehead atoms. The van der Waals surface area contributed by atoms with E-state index in [0.717, 1.165) is 20.5 Å². The van der Waals surface area contributed by atoms with E-state index in [4.69, 9.17) is 9.84 Å². The Kier molecular flexibility index (Phi) is 6.59. The van der Waals surface area contributed by atoms with E-state index in [9.17, 15) is 4.79 Å². The topological polar surface area (TPSA) is 71.5 Å². The molecular weight excluding hydrogens is 416 g/mol. The van der Waals surface area contributed by atoms with Crippen molar-refractivity contribution in [1.29, 1.82) is 0 Å². The van der Waals surface area contributed by atoms with Crippen LogP contribution in [0.25, 0.3) is 10.6 Å². The molecule has 2 aromatic carbocycles. The molecule has 5 nitrogen and oxygen atoms in total. The highest BCUT2D eigenvalue weighted by Crippen LogP contribution is 2.37. The van der Waals surface area contributed by atoms with Gasteiger partial charge in [0.15, 0.2) is 0 Å². The molecule has 2 N–H and O–H groups in total. The highest BCUT2D eigenvalue weighted by molar-refractivity contribution is 8.02. The fourth-order valence-electron chi connectivity index (χ4n) is 3.79. The number of carboxylic acid groups (broad SMARTS) is 1. The maximum atomic E-state index is 11.1. The Morgan fingerprint density at radius 1 is 1.17 bits per heavy atom. The number of hydrogen-bond donors (Lipinski definition) is 2. The van der Waals surface area contributed by atoms with Gasteiger partial charge in [0.25, 0.3) is 0 Å². The fraction of sp³-hybridized carbons (Fsp3) is 0.304. The number of carbonyl (C=O) groups is 1. The Labute approximate surface area is 184 Å². The maximum absolute atomic E-state index is 11.1. The largest absolute Gasteiger partial charge is 0.495 e. The van der Waals surface area contributed by atoms with Crippen LogP contribution in [0, 0.1) is 0 Å². The predicted molar refractivity (Wildman–Crippen MR) is 123 cm³/mol. The molecule has 1 heterocycles. The molecule has 0 unspecified atom stereocenters. The Morgan fingerprint density at radius 2 is 1.93 bits per heavy atom. The lowest BCUT2D eigenvalue weighted by molar-refractivity contribution is 0.0696. The molecule has 7 heteroatoms. The molecule has 156 valence electrons. The molecule has 0 aliphatic heterocycles. The van der Waals surface area contributed by atoms with Crippen LogP contribution < -0.4 is 9.46 Å². The van der Waals surface area contributed by atoms with Crippen molar-refractivity contribution in [3.8, 4) is 16.3 Å². The average molecular weight is 441 g/mol. The molecule has 1 saturated carbocycles. The van der Waals surface area contributed by atoms with Crippen molar-refractivity contribution in [2.24, 2.45) is 0 Å². The van der Waals surface area contributed by atoms with Crippen molar-refractivity contribution in [2.45, 2.75) is 42.2 Å².